The van der Waals surface area contributed by atoms with Crippen molar-refractivity contribution in [1.82, 2.24) is 10.3 Å². The summed E-state index contributed by atoms with van der Waals surface area (Å²) in [6, 6.07) is 4.70. The van der Waals surface area contributed by atoms with Crippen LogP contribution in [0.4, 0.5) is 20.0 Å². The fraction of sp³-hybridized carbons (Fsp3) is 0.478. The van der Waals surface area contributed by atoms with Crippen LogP contribution in [0.3, 0.4) is 0 Å². The molecule has 3 N–H and O–H groups in total. The maximum absolute atomic E-state index is 14.1. The first-order valence-corrected chi connectivity index (χ1v) is 11.4. The predicted octanol–water partition coefficient (Wildman–Crippen LogP) is 7.10. The molecule has 1 heterocycles. The third-order valence-corrected chi connectivity index (χ3v) is 4.98. The quantitative estimate of drug-likeness (QED) is 0.388. The number of amides is 2. The molecule has 0 atom stereocenters. The molecule has 2 rings (SSSR count). The molecular formula is C23H35FN4OS. The molecule has 2 amide bonds. The number of urea groups is 1. The van der Waals surface area contributed by atoms with Crippen LogP contribution in [0.25, 0.3) is 5.70 Å². The predicted molar refractivity (Wildman–Crippen MR) is 128 cm³/mol. The molecule has 0 fully saturated rings. The molecule has 0 aliphatic carbocycles. The number of thiazole rings is 1. The van der Waals surface area contributed by atoms with Crippen molar-refractivity contribution in [3.05, 3.63) is 46.2 Å². The summed E-state index contributed by atoms with van der Waals surface area (Å²) >= 11 is 1.37. The van der Waals surface area contributed by atoms with Crippen molar-refractivity contribution < 1.29 is 9.18 Å². The van der Waals surface area contributed by atoms with E-state index >= 15 is 0 Å². The van der Waals surface area contributed by atoms with Gasteiger partial charge in [0.15, 0.2) is 5.13 Å². The first-order valence-electron chi connectivity index (χ1n) is 10.6. The van der Waals surface area contributed by atoms with Crippen LogP contribution in [0.5, 0.6) is 0 Å². The highest BCUT2D eigenvalue weighted by Gasteiger charge is 2.15. The molecule has 1 aromatic carbocycles. The van der Waals surface area contributed by atoms with E-state index in [4.69, 9.17) is 0 Å². The Morgan fingerprint density at radius 3 is 2.50 bits per heavy atom. The van der Waals surface area contributed by atoms with E-state index in [2.05, 4.69) is 41.7 Å². The van der Waals surface area contributed by atoms with Gasteiger partial charge in [0, 0.05) is 6.54 Å². The second-order valence-corrected chi connectivity index (χ2v) is 8.01. The zero-order chi connectivity index (χ0) is 22.5. The highest BCUT2D eigenvalue weighted by molar-refractivity contribution is 7.17. The van der Waals surface area contributed by atoms with E-state index in [9.17, 15) is 9.18 Å². The minimum atomic E-state index is -0.307. The van der Waals surface area contributed by atoms with Crippen molar-refractivity contribution in [3.8, 4) is 0 Å². The van der Waals surface area contributed by atoms with E-state index in [1.54, 1.807) is 12.1 Å². The van der Waals surface area contributed by atoms with Crippen molar-refractivity contribution in [3.63, 3.8) is 0 Å². The Kier molecular flexibility index (Phi) is 11.7. The number of benzene rings is 1. The highest BCUT2D eigenvalue weighted by Crippen LogP contribution is 2.31. The van der Waals surface area contributed by atoms with Gasteiger partial charge < -0.3 is 10.6 Å². The lowest BCUT2D eigenvalue weighted by molar-refractivity contribution is 0.252. The van der Waals surface area contributed by atoms with Gasteiger partial charge >= 0.3 is 6.03 Å². The van der Waals surface area contributed by atoms with Gasteiger partial charge in [-0.25, -0.2) is 14.2 Å². The fourth-order valence-electron chi connectivity index (χ4n) is 2.50. The molecule has 0 spiro atoms. The topological polar surface area (TPSA) is 66.0 Å². The molecule has 0 unspecified atom stereocenters. The first kappa shape index (κ1) is 25.6. The van der Waals surface area contributed by atoms with Crippen molar-refractivity contribution >= 4 is 33.9 Å². The second-order valence-electron chi connectivity index (χ2n) is 7.01. The van der Waals surface area contributed by atoms with E-state index < -0.39 is 0 Å². The van der Waals surface area contributed by atoms with E-state index in [1.165, 1.54) is 23.8 Å². The number of nitrogens with one attached hydrogen (secondary N) is 3. The maximum Gasteiger partial charge on any atom is 0.321 e. The van der Waals surface area contributed by atoms with E-state index in [0.29, 0.717) is 17.4 Å². The van der Waals surface area contributed by atoms with Crippen molar-refractivity contribution in [1.29, 1.82) is 0 Å². The lowest BCUT2D eigenvalue weighted by Gasteiger charge is -2.12. The lowest BCUT2D eigenvalue weighted by atomic mass is 10.2. The first-order chi connectivity index (χ1) is 14.4. The summed E-state index contributed by atoms with van der Waals surface area (Å²) in [4.78, 5) is 17.3. The van der Waals surface area contributed by atoms with Gasteiger partial charge in [-0.3, -0.25) is 5.32 Å². The zero-order valence-corrected chi connectivity index (χ0v) is 19.8. The van der Waals surface area contributed by atoms with Crippen LogP contribution in [-0.4, -0.2) is 17.6 Å². The molecule has 0 aliphatic heterocycles. The summed E-state index contributed by atoms with van der Waals surface area (Å²) in [5.41, 5.74) is 2.97. The van der Waals surface area contributed by atoms with Crippen molar-refractivity contribution in [2.45, 2.75) is 67.2 Å². The maximum atomic E-state index is 14.1. The van der Waals surface area contributed by atoms with Crippen LogP contribution >= 0.6 is 11.3 Å². The van der Waals surface area contributed by atoms with E-state index in [1.807, 2.05) is 26.8 Å². The number of unbranched alkanes of at least 4 members (excludes halogenated alkanes) is 1. The second kappa shape index (κ2) is 13.7. The van der Waals surface area contributed by atoms with Gasteiger partial charge in [-0.15, -0.1) is 0 Å². The van der Waals surface area contributed by atoms with Gasteiger partial charge in [0.05, 0.1) is 22.0 Å². The monoisotopic (exact) mass is 434 g/mol. The number of hydrogen-bond donors (Lipinski definition) is 3. The van der Waals surface area contributed by atoms with Crippen LogP contribution in [-0.2, 0) is 0 Å². The normalized spacial score (nSPS) is 10.8. The average Bonchev–Trinajstić information content (AvgIpc) is 3.05. The number of anilines is 2. The van der Waals surface area contributed by atoms with Crippen LogP contribution in [0, 0.1) is 19.7 Å². The molecule has 0 aliphatic rings. The van der Waals surface area contributed by atoms with Gasteiger partial charge in [-0.05, 0) is 44.4 Å². The lowest BCUT2D eigenvalue weighted by Crippen LogP contribution is -2.29. The van der Waals surface area contributed by atoms with Crippen molar-refractivity contribution in [2.75, 3.05) is 17.2 Å². The Morgan fingerprint density at radius 2 is 1.87 bits per heavy atom. The van der Waals surface area contributed by atoms with Crippen molar-refractivity contribution in [2.24, 2.45) is 0 Å². The number of allylic oxidation sites excluding steroid dienone is 1. The summed E-state index contributed by atoms with van der Waals surface area (Å²) in [6.45, 7) is 12.8. The number of nitrogens with zero attached hydrogens (tertiary/aromatic N) is 1. The zero-order valence-electron chi connectivity index (χ0n) is 19.0. The molecule has 2 aromatic rings. The minimum absolute atomic E-state index is 0.262. The van der Waals surface area contributed by atoms with E-state index in [-0.39, 0.29) is 11.8 Å². The number of aryl methyl sites for hydroxylation is 2. The average molecular weight is 435 g/mol. The molecule has 1 aromatic heterocycles. The number of carbonyl (C=O) groups is 1. The molecule has 30 heavy (non-hydrogen) atoms. The van der Waals surface area contributed by atoms with E-state index in [0.717, 1.165) is 41.1 Å². The third kappa shape index (κ3) is 8.53. The number of hydrogen-bond acceptors (Lipinski definition) is 4. The minimum Gasteiger partial charge on any atom is -0.352 e. The molecular weight excluding hydrogens is 399 g/mol. The Bertz CT molecular complexity index is 833. The van der Waals surface area contributed by atoms with Crippen LogP contribution in [0.1, 0.15) is 69.5 Å². The SMILES string of the molecule is CC/C=C(/Nc1cc(C)ccc1F)c1sc(NC(=O)NCCCC)nc1C.CCC. The molecule has 0 bridgehead atoms. The van der Waals surface area contributed by atoms with Crippen LogP contribution in [0.15, 0.2) is 24.3 Å². The molecule has 0 saturated heterocycles. The number of aromatic nitrogens is 1. The Hall–Kier alpha value is -2.41. The fourth-order valence-corrected chi connectivity index (χ4v) is 3.46. The van der Waals surface area contributed by atoms with Crippen LogP contribution < -0.4 is 16.0 Å². The molecule has 5 nitrogen and oxygen atoms in total. The summed E-state index contributed by atoms with van der Waals surface area (Å²) in [6.07, 6.45) is 5.98. The van der Waals surface area contributed by atoms with Gasteiger partial charge in [0.1, 0.15) is 5.82 Å². The van der Waals surface area contributed by atoms with Gasteiger partial charge in [0.25, 0.3) is 0 Å². The molecule has 166 valence electrons. The largest absolute Gasteiger partial charge is 0.352 e. The standard InChI is InChI=1S/C20H27FN4OS.C3H8/c1-5-7-11-22-19(26)25-20-23-14(4)18(27-20)16(8-6-2)24-17-12-13(3)9-10-15(17)21;1-3-2/h8-10,12,24H,5-7,11H2,1-4H3,(H2,22,23,25,26);3H2,1-2H3/b16-8+;. The Balaban J connectivity index is 0.00000141. The number of rotatable bonds is 8. The number of halogens is 1. The van der Waals surface area contributed by atoms with Crippen LogP contribution in [0.2, 0.25) is 0 Å². The van der Waals surface area contributed by atoms with Gasteiger partial charge in [-0.2, -0.15) is 0 Å². The third-order valence-electron chi connectivity index (χ3n) is 3.88. The molecule has 0 saturated carbocycles. The van der Waals surface area contributed by atoms with Gasteiger partial charge in [0.2, 0.25) is 0 Å². The Labute approximate surface area is 184 Å². The summed E-state index contributed by atoms with van der Waals surface area (Å²) in [7, 11) is 0. The number of carbonyl (C=O) groups excluding carboxylic acids is 1. The Morgan fingerprint density at radius 1 is 1.17 bits per heavy atom. The summed E-state index contributed by atoms with van der Waals surface area (Å²) in [5, 5.41) is 9.28. The van der Waals surface area contributed by atoms with Gasteiger partial charge in [-0.1, -0.05) is 64.0 Å². The summed E-state index contributed by atoms with van der Waals surface area (Å²) in [5.74, 6) is -0.307. The highest BCUT2D eigenvalue weighted by atomic mass is 32.1. The molecule has 0 radical (unpaired) electrons. The summed E-state index contributed by atoms with van der Waals surface area (Å²) < 4.78 is 14.1. The smallest absolute Gasteiger partial charge is 0.321 e. The molecule has 7 heteroatoms.